The first-order valence-electron chi connectivity index (χ1n) is 7.58. The lowest BCUT2D eigenvalue weighted by Gasteiger charge is -2.09. The van der Waals surface area contributed by atoms with Gasteiger partial charge >= 0.3 is 0 Å². The van der Waals surface area contributed by atoms with E-state index in [1.54, 1.807) is 18.5 Å². The molecule has 0 saturated carbocycles. The van der Waals surface area contributed by atoms with Gasteiger partial charge in [-0.3, -0.25) is 14.8 Å². The maximum Gasteiger partial charge on any atom is 0.274 e. The van der Waals surface area contributed by atoms with Crippen LogP contribution in [0.25, 0.3) is 0 Å². The molecule has 1 aromatic carbocycles. The SMILES string of the molecule is O=C(Nc1ccc(F)c(F)c1F)c1cc(NCc2ccncc2)ccn1. The van der Waals surface area contributed by atoms with Crippen molar-refractivity contribution in [2.45, 2.75) is 6.54 Å². The van der Waals surface area contributed by atoms with Crippen molar-refractivity contribution in [3.8, 4) is 0 Å². The van der Waals surface area contributed by atoms with Gasteiger partial charge in [-0.05, 0) is 42.0 Å². The molecule has 0 atom stereocenters. The molecule has 0 aliphatic heterocycles. The molecular formula is C18H13F3N4O. The van der Waals surface area contributed by atoms with Gasteiger partial charge in [0.1, 0.15) is 5.69 Å². The molecule has 2 N–H and O–H groups in total. The molecule has 0 spiro atoms. The zero-order valence-electron chi connectivity index (χ0n) is 13.3. The number of aromatic nitrogens is 2. The molecule has 1 amide bonds. The first kappa shape index (κ1) is 17.4. The number of carbonyl (C=O) groups excluding carboxylic acids is 1. The van der Waals surface area contributed by atoms with Gasteiger partial charge in [0, 0.05) is 30.8 Å². The molecule has 2 aromatic heterocycles. The van der Waals surface area contributed by atoms with Crippen LogP contribution in [0.5, 0.6) is 0 Å². The van der Waals surface area contributed by atoms with Crippen LogP contribution in [0.4, 0.5) is 24.5 Å². The number of anilines is 2. The van der Waals surface area contributed by atoms with Crippen LogP contribution in [-0.4, -0.2) is 15.9 Å². The summed E-state index contributed by atoms with van der Waals surface area (Å²) < 4.78 is 39.8. The quantitative estimate of drug-likeness (QED) is 0.682. The first-order valence-corrected chi connectivity index (χ1v) is 7.58. The average molecular weight is 358 g/mol. The summed E-state index contributed by atoms with van der Waals surface area (Å²) >= 11 is 0. The van der Waals surface area contributed by atoms with E-state index in [9.17, 15) is 18.0 Å². The van der Waals surface area contributed by atoms with Crippen LogP contribution >= 0.6 is 0 Å². The highest BCUT2D eigenvalue weighted by Crippen LogP contribution is 2.20. The molecule has 3 aromatic rings. The third-order valence-electron chi connectivity index (χ3n) is 3.52. The Morgan fingerprint density at radius 1 is 0.962 bits per heavy atom. The number of nitrogens with zero attached hydrogens (tertiary/aromatic N) is 2. The fourth-order valence-corrected chi connectivity index (χ4v) is 2.18. The lowest BCUT2D eigenvalue weighted by atomic mass is 10.2. The van der Waals surface area contributed by atoms with Gasteiger partial charge in [0.25, 0.3) is 5.91 Å². The molecule has 26 heavy (non-hydrogen) atoms. The largest absolute Gasteiger partial charge is 0.381 e. The molecule has 0 radical (unpaired) electrons. The molecule has 0 bridgehead atoms. The van der Waals surface area contributed by atoms with E-state index in [1.165, 1.54) is 12.3 Å². The second-order valence-corrected chi connectivity index (χ2v) is 5.32. The molecular weight excluding hydrogens is 345 g/mol. The predicted octanol–water partition coefficient (Wildman–Crippen LogP) is 3.76. The zero-order chi connectivity index (χ0) is 18.5. The van der Waals surface area contributed by atoms with Gasteiger partial charge in [-0.2, -0.15) is 0 Å². The van der Waals surface area contributed by atoms with E-state index in [0.29, 0.717) is 12.2 Å². The Labute approximate surface area is 146 Å². The Morgan fingerprint density at radius 3 is 2.50 bits per heavy atom. The third-order valence-corrected chi connectivity index (χ3v) is 3.52. The Hall–Kier alpha value is -3.42. The predicted molar refractivity (Wildman–Crippen MR) is 90.1 cm³/mol. The van der Waals surface area contributed by atoms with Crippen LogP contribution in [0.3, 0.4) is 0 Å². The normalized spacial score (nSPS) is 10.4. The molecule has 0 fully saturated rings. The van der Waals surface area contributed by atoms with Crippen LogP contribution in [0.2, 0.25) is 0 Å². The van der Waals surface area contributed by atoms with E-state index in [4.69, 9.17) is 0 Å². The molecule has 0 aliphatic rings. The summed E-state index contributed by atoms with van der Waals surface area (Å²) in [6.07, 6.45) is 4.74. The topological polar surface area (TPSA) is 66.9 Å². The molecule has 8 heteroatoms. The fourth-order valence-electron chi connectivity index (χ4n) is 2.18. The average Bonchev–Trinajstić information content (AvgIpc) is 2.68. The van der Waals surface area contributed by atoms with Crippen molar-refractivity contribution in [2.24, 2.45) is 0 Å². The number of nitrogens with one attached hydrogen (secondary N) is 2. The number of pyridine rings is 2. The summed E-state index contributed by atoms with van der Waals surface area (Å²) in [6, 6.07) is 8.48. The lowest BCUT2D eigenvalue weighted by Crippen LogP contribution is -2.15. The van der Waals surface area contributed by atoms with Gasteiger partial charge < -0.3 is 10.6 Å². The number of carbonyl (C=O) groups is 1. The van der Waals surface area contributed by atoms with Crippen LogP contribution in [0.15, 0.2) is 55.0 Å². The van der Waals surface area contributed by atoms with Gasteiger partial charge in [0.2, 0.25) is 0 Å². The van der Waals surface area contributed by atoms with Crippen molar-refractivity contribution >= 4 is 17.3 Å². The molecule has 0 aliphatic carbocycles. The first-order chi connectivity index (χ1) is 12.5. The number of halogens is 3. The van der Waals surface area contributed by atoms with E-state index in [0.717, 1.165) is 17.7 Å². The fraction of sp³-hybridized carbons (Fsp3) is 0.0556. The van der Waals surface area contributed by atoms with Crippen molar-refractivity contribution < 1.29 is 18.0 Å². The summed E-state index contributed by atoms with van der Waals surface area (Å²) in [5, 5.41) is 5.29. The van der Waals surface area contributed by atoms with Crippen LogP contribution in [0.1, 0.15) is 16.1 Å². The summed E-state index contributed by atoms with van der Waals surface area (Å²) in [6.45, 7) is 0.505. The van der Waals surface area contributed by atoms with E-state index >= 15 is 0 Å². The minimum absolute atomic E-state index is 0.00568. The Kier molecular flexibility index (Phi) is 5.12. The van der Waals surface area contributed by atoms with Gasteiger partial charge in [0.15, 0.2) is 17.5 Å². The standard InChI is InChI=1S/C18H13F3N4O/c19-13-1-2-14(17(21)16(13)20)25-18(26)15-9-12(5-8-23-15)24-10-11-3-6-22-7-4-11/h1-9H,10H2,(H,23,24)(H,25,26). The molecule has 5 nitrogen and oxygen atoms in total. The highest BCUT2D eigenvalue weighted by atomic mass is 19.2. The molecule has 0 unspecified atom stereocenters. The van der Waals surface area contributed by atoms with E-state index in [2.05, 4.69) is 20.6 Å². The molecule has 0 saturated heterocycles. The zero-order valence-corrected chi connectivity index (χ0v) is 13.3. The van der Waals surface area contributed by atoms with Crippen molar-refractivity contribution in [2.75, 3.05) is 10.6 Å². The van der Waals surface area contributed by atoms with Gasteiger partial charge in [-0.1, -0.05) is 0 Å². The van der Waals surface area contributed by atoms with E-state index in [-0.39, 0.29) is 5.69 Å². The van der Waals surface area contributed by atoms with Crippen molar-refractivity contribution in [1.29, 1.82) is 0 Å². The van der Waals surface area contributed by atoms with Crippen molar-refractivity contribution in [1.82, 2.24) is 9.97 Å². The van der Waals surface area contributed by atoms with Gasteiger partial charge in [-0.15, -0.1) is 0 Å². The van der Waals surface area contributed by atoms with Crippen LogP contribution in [-0.2, 0) is 6.54 Å². The minimum atomic E-state index is -1.65. The highest BCUT2D eigenvalue weighted by Gasteiger charge is 2.16. The number of hydrogen-bond acceptors (Lipinski definition) is 4. The number of rotatable bonds is 5. The molecule has 3 rings (SSSR count). The number of hydrogen-bond donors (Lipinski definition) is 2. The maximum atomic E-state index is 13.7. The van der Waals surface area contributed by atoms with Crippen LogP contribution in [0, 0.1) is 17.5 Å². The Bertz CT molecular complexity index is 935. The summed E-state index contributed by atoms with van der Waals surface area (Å²) in [5.74, 6) is -5.20. The van der Waals surface area contributed by atoms with E-state index in [1.807, 2.05) is 12.1 Å². The van der Waals surface area contributed by atoms with Gasteiger partial charge in [-0.25, -0.2) is 13.2 Å². The second-order valence-electron chi connectivity index (χ2n) is 5.32. The third kappa shape index (κ3) is 3.97. The Morgan fingerprint density at radius 2 is 1.73 bits per heavy atom. The molecule has 2 heterocycles. The second kappa shape index (κ2) is 7.64. The minimum Gasteiger partial charge on any atom is -0.381 e. The van der Waals surface area contributed by atoms with Crippen LogP contribution < -0.4 is 10.6 Å². The monoisotopic (exact) mass is 358 g/mol. The maximum absolute atomic E-state index is 13.7. The van der Waals surface area contributed by atoms with Gasteiger partial charge in [0.05, 0.1) is 5.69 Å². The summed E-state index contributed by atoms with van der Waals surface area (Å²) in [4.78, 5) is 20.0. The molecule has 132 valence electrons. The summed E-state index contributed by atoms with van der Waals surface area (Å²) in [5.41, 5.74) is 1.14. The van der Waals surface area contributed by atoms with Crippen molar-refractivity contribution in [3.05, 3.63) is 83.7 Å². The van der Waals surface area contributed by atoms with E-state index < -0.39 is 29.0 Å². The highest BCUT2D eigenvalue weighted by molar-refractivity contribution is 6.03. The Balaban J connectivity index is 1.71. The number of amides is 1. The smallest absolute Gasteiger partial charge is 0.274 e. The number of benzene rings is 1. The lowest BCUT2D eigenvalue weighted by molar-refractivity contribution is 0.102. The van der Waals surface area contributed by atoms with Crippen molar-refractivity contribution in [3.63, 3.8) is 0 Å². The summed E-state index contributed by atoms with van der Waals surface area (Å²) in [7, 11) is 0.